The fourth-order valence-corrected chi connectivity index (χ4v) is 0. The van der Waals surface area contributed by atoms with Gasteiger partial charge in [0.05, 0.1) is 0 Å². The first-order valence-corrected chi connectivity index (χ1v) is 1.93. The molecule has 0 bridgehead atoms. The van der Waals surface area contributed by atoms with Crippen LogP contribution in [0.2, 0.25) is 0 Å². The molecule has 0 saturated carbocycles. The predicted octanol–water partition coefficient (Wildman–Crippen LogP) is 2.44. The molecule has 0 aromatic carbocycles. The van der Waals surface area contributed by atoms with Gasteiger partial charge in [-0.05, 0) is 0 Å². The standard InChI is InChI=1S/C3H2Cl2F/c1-2(6)3(4)5/h1H2. The first-order valence-electron chi connectivity index (χ1n) is 1.17. The maximum absolute atomic E-state index is 11.3. The van der Waals surface area contributed by atoms with E-state index in [1.54, 1.807) is 0 Å². The van der Waals surface area contributed by atoms with Gasteiger partial charge in [-0.25, -0.2) is 4.39 Å². The summed E-state index contributed by atoms with van der Waals surface area (Å²) >= 11 is 9.64. The molecule has 0 aliphatic heterocycles. The third-order valence-electron chi connectivity index (χ3n) is 0.205. The Balaban J connectivity index is 3.26. The van der Waals surface area contributed by atoms with Crippen LogP contribution in [-0.4, -0.2) is 0 Å². The summed E-state index contributed by atoms with van der Waals surface area (Å²) in [7, 11) is 0. The van der Waals surface area contributed by atoms with Crippen molar-refractivity contribution < 1.29 is 4.39 Å². The second-order valence-corrected chi connectivity index (χ2v) is 1.61. The van der Waals surface area contributed by atoms with Gasteiger partial charge in [-0.2, -0.15) is 0 Å². The van der Waals surface area contributed by atoms with Crippen molar-refractivity contribution in [3.63, 3.8) is 0 Å². The normalized spacial score (nSPS) is 9.33. The Morgan fingerprint density at radius 1 is 1.50 bits per heavy atom. The molecule has 1 radical (unpaired) electrons. The third kappa shape index (κ3) is 2.49. The lowest BCUT2D eigenvalue weighted by Crippen LogP contribution is -1.68. The first kappa shape index (κ1) is 6.25. The van der Waals surface area contributed by atoms with E-state index in [1.165, 1.54) is 0 Å². The van der Waals surface area contributed by atoms with E-state index in [0.717, 1.165) is 0 Å². The minimum absolute atomic E-state index is 0.407. The molecule has 0 unspecified atom stereocenters. The van der Waals surface area contributed by atoms with Crippen LogP contribution in [0.15, 0.2) is 12.4 Å². The fraction of sp³-hybridized carbons (Fsp3) is 0. The minimum atomic E-state index is -0.793. The van der Waals surface area contributed by atoms with Gasteiger partial charge in [0.2, 0.25) is 4.84 Å². The van der Waals surface area contributed by atoms with Crippen molar-refractivity contribution in [1.29, 1.82) is 0 Å². The number of rotatable bonds is 1. The average Bonchev–Trinajstić information content (AvgIpc) is 1.36. The van der Waals surface area contributed by atoms with Crippen molar-refractivity contribution in [1.82, 2.24) is 0 Å². The second kappa shape index (κ2) is 2.43. The highest BCUT2D eigenvalue weighted by atomic mass is 35.5. The van der Waals surface area contributed by atoms with Gasteiger partial charge in [-0.3, -0.25) is 0 Å². The number of allylic oxidation sites excluding steroid dienone is 1. The Hall–Kier alpha value is 0.250. The van der Waals surface area contributed by atoms with Crippen LogP contribution < -0.4 is 0 Å². The molecule has 0 aliphatic rings. The summed E-state index contributed by atoms with van der Waals surface area (Å²) in [6.45, 7) is 2.79. The molecule has 0 aromatic heterocycles. The molecule has 0 aromatic rings. The molecule has 0 saturated heterocycles. The van der Waals surface area contributed by atoms with E-state index in [9.17, 15) is 4.39 Å². The van der Waals surface area contributed by atoms with Crippen LogP contribution in [-0.2, 0) is 0 Å². The number of hydrogen-bond acceptors (Lipinski definition) is 0. The summed E-state index contributed by atoms with van der Waals surface area (Å²) < 4.78 is 11.3. The smallest absolute Gasteiger partial charge is 0.207 e. The van der Waals surface area contributed by atoms with Crippen LogP contribution in [0.3, 0.4) is 0 Å². The van der Waals surface area contributed by atoms with E-state index in [1.807, 2.05) is 0 Å². The number of halogens is 3. The Morgan fingerprint density at radius 3 is 1.67 bits per heavy atom. The van der Waals surface area contributed by atoms with Crippen molar-refractivity contribution in [3.05, 3.63) is 17.2 Å². The molecule has 0 N–H and O–H groups in total. The molecule has 0 aliphatic carbocycles. The lowest BCUT2D eigenvalue weighted by atomic mass is 10.7. The third-order valence-corrected chi connectivity index (χ3v) is 0.615. The van der Waals surface area contributed by atoms with E-state index < -0.39 is 10.7 Å². The van der Waals surface area contributed by atoms with Crippen molar-refractivity contribution in [2.24, 2.45) is 0 Å². The Morgan fingerprint density at radius 2 is 1.67 bits per heavy atom. The van der Waals surface area contributed by atoms with Gasteiger partial charge in [0.15, 0.2) is 0 Å². The summed E-state index contributed by atoms with van der Waals surface area (Å²) in [4.78, 5) is -0.407. The highest BCUT2D eigenvalue weighted by molar-refractivity contribution is 6.54. The monoisotopic (exact) mass is 127 g/mol. The van der Waals surface area contributed by atoms with Crippen LogP contribution >= 0.6 is 23.2 Å². The largest absolute Gasteiger partial charge is 0.209 e. The van der Waals surface area contributed by atoms with E-state index in [4.69, 9.17) is 23.2 Å². The lowest BCUT2D eigenvalue weighted by Gasteiger charge is -1.85. The molecule has 0 amide bonds. The molecule has 0 fully saturated rings. The van der Waals surface area contributed by atoms with Gasteiger partial charge >= 0.3 is 0 Å². The molecule has 35 valence electrons. The highest BCUT2D eigenvalue weighted by Gasteiger charge is 2.01. The summed E-state index contributed by atoms with van der Waals surface area (Å²) in [6.07, 6.45) is 0. The zero-order valence-corrected chi connectivity index (χ0v) is 4.35. The summed E-state index contributed by atoms with van der Waals surface area (Å²) in [5.41, 5.74) is 0. The molecule has 6 heavy (non-hydrogen) atoms. The summed E-state index contributed by atoms with van der Waals surface area (Å²) in [6, 6.07) is 0. The highest BCUT2D eigenvalue weighted by Crippen LogP contribution is 2.21. The van der Waals surface area contributed by atoms with Crippen LogP contribution in [0.25, 0.3) is 0 Å². The molecule has 0 atom stereocenters. The van der Waals surface area contributed by atoms with Crippen LogP contribution in [0.5, 0.6) is 0 Å². The molecule has 0 nitrogen and oxygen atoms in total. The zero-order valence-electron chi connectivity index (χ0n) is 2.84. The van der Waals surface area contributed by atoms with E-state index in [0.29, 0.717) is 0 Å². The maximum atomic E-state index is 11.3. The SMILES string of the molecule is C=C(F)[C](Cl)Cl. The van der Waals surface area contributed by atoms with Crippen molar-refractivity contribution in [2.75, 3.05) is 0 Å². The van der Waals surface area contributed by atoms with Gasteiger partial charge in [0.1, 0.15) is 5.83 Å². The van der Waals surface area contributed by atoms with Gasteiger partial charge in [0.25, 0.3) is 0 Å². The average molecular weight is 128 g/mol. The molecular formula is C3H2Cl2F. The number of hydrogen-bond donors (Lipinski definition) is 0. The fourth-order valence-electron chi connectivity index (χ4n) is 0. The lowest BCUT2D eigenvalue weighted by molar-refractivity contribution is 0.659. The summed E-state index contributed by atoms with van der Waals surface area (Å²) in [5.74, 6) is -0.793. The van der Waals surface area contributed by atoms with Crippen molar-refractivity contribution in [3.8, 4) is 0 Å². The molecule has 0 rings (SSSR count). The maximum Gasteiger partial charge on any atom is 0.207 e. The van der Waals surface area contributed by atoms with Gasteiger partial charge in [-0.15, -0.1) is 0 Å². The molecule has 0 spiro atoms. The Kier molecular flexibility index (Phi) is 2.53. The molecular weight excluding hydrogens is 126 g/mol. The Bertz CT molecular complexity index is 59.8. The van der Waals surface area contributed by atoms with E-state index in [-0.39, 0.29) is 0 Å². The Labute approximate surface area is 45.6 Å². The zero-order chi connectivity index (χ0) is 5.15. The predicted molar refractivity (Wildman–Crippen MR) is 25.2 cm³/mol. The summed E-state index contributed by atoms with van der Waals surface area (Å²) in [5, 5.41) is 0. The van der Waals surface area contributed by atoms with Gasteiger partial charge in [0, 0.05) is 0 Å². The van der Waals surface area contributed by atoms with Gasteiger partial charge in [-0.1, -0.05) is 29.8 Å². The molecule has 0 heterocycles. The van der Waals surface area contributed by atoms with Crippen LogP contribution in [0.4, 0.5) is 4.39 Å². The van der Waals surface area contributed by atoms with E-state index >= 15 is 0 Å². The second-order valence-electron chi connectivity index (χ2n) is 0.665. The minimum Gasteiger partial charge on any atom is -0.209 e. The van der Waals surface area contributed by atoms with Crippen molar-refractivity contribution in [2.45, 2.75) is 0 Å². The quantitative estimate of drug-likeness (QED) is 0.508. The first-order chi connectivity index (χ1) is 2.64. The van der Waals surface area contributed by atoms with Gasteiger partial charge < -0.3 is 0 Å². The van der Waals surface area contributed by atoms with Crippen molar-refractivity contribution >= 4 is 23.2 Å². The van der Waals surface area contributed by atoms with Crippen LogP contribution in [0, 0.1) is 4.84 Å². The van der Waals surface area contributed by atoms with E-state index in [2.05, 4.69) is 6.58 Å². The molecule has 3 heteroatoms. The topological polar surface area (TPSA) is 0 Å². The van der Waals surface area contributed by atoms with Crippen LogP contribution in [0.1, 0.15) is 0 Å².